The summed E-state index contributed by atoms with van der Waals surface area (Å²) in [4.78, 5) is 30.3. The Morgan fingerprint density at radius 2 is 1.82 bits per heavy atom. The highest BCUT2D eigenvalue weighted by atomic mass is 32.2. The maximum absolute atomic E-state index is 12.7. The molecule has 2 amide bonds. The highest BCUT2D eigenvalue weighted by Crippen LogP contribution is 2.27. The first-order chi connectivity index (χ1) is 16.3. The lowest BCUT2D eigenvalue weighted by atomic mass is 10.1. The fourth-order valence-electron chi connectivity index (χ4n) is 4.45. The van der Waals surface area contributed by atoms with Gasteiger partial charge in [0.1, 0.15) is 0 Å². The van der Waals surface area contributed by atoms with Gasteiger partial charge in [0.2, 0.25) is 21.8 Å². The number of hydrogen-bond donors (Lipinski definition) is 2. The summed E-state index contributed by atoms with van der Waals surface area (Å²) in [5, 5.41) is 4.10. The largest absolute Gasteiger partial charge is 0.361 e. The smallest absolute Gasteiger partial charge is 0.243 e. The van der Waals surface area contributed by atoms with Crippen LogP contribution in [0.5, 0.6) is 0 Å². The molecule has 34 heavy (non-hydrogen) atoms. The minimum absolute atomic E-state index is 0.137. The number of carbonyl (C=O) groups excluding carboxylic acids is 2. The van der Waals surface area contributed by atoms with Gasteiger partial charge < -0.3 is 15.2 Å². The van der Waals surface area contributed by atoms with Gasteiger partial charge >= 0.3 is 0 Å². The van der Waals surface area contributed by atoms with Crippen LogP contribution in [0.2, 0.25) is 0 Å². The molecule has 1 saturated heterocycles. The molecular formula is C25H30N4O4S. The van der Waals surface area contributed by atoms with Crippen LogP contribution in [0, 0.1) is 5.92 Å². The maximum Gasteiger partial charge on any atom is 0.243 e. The number of carbonyl (C=O) groups is 2. The lowest BCUT2D eigenvalue weighted by Crippen LogP contribution is -2.34. The quantitative estimate of drug-likeness (QED) is 0.490. The van der Waals surface area contributed by atoms with Crippen molar-refractivity contribution >= 4 is 38.4 Å². The zero-order valence-electron chi connectivity index (χ0n) is 19.5. The van der Waals surface area contributed by atoms with Crippen molar-refractivity contribution in [3.63, 3.8) is 0 Å². The molecule has 0 aliphatic carbocycles. The van der Waals surface area contributed by atoms with E-state index in [-0.39, 0.29) is 29.7 Å². The van der Waals surface area contributed by atoms with E-state index in [0.29, 0.717) is 31.7 Å². The van der Waals surface area contributed by atoms with Gasteiger partial charge in [-0.1, -0.05) is 32.0 Å². The predicted octanol–water partition coefficient (Wildman–Crippen LogP) is 2.91. The summed E-state index contributed by atoms with van der Waals surface area (Å²) in [5.74, 6) is -0.720. The van der Waals surface area contributed by atoms with Crippen molar-refractivity contribution < 1.29 is 18.0 Å². The fourth-order valence-corrected chi connectivity index (χ4v) is 5.90. The molecule has 0 bridgehead atoms. The number of nitrogens with one attached hydrogen (secondary N) is 2. The Bertz CT molecular complexity index is 1280. The third-order valence-corrected chi connectivity index (χ3v) is 8.42. The first-order valence-corrected chi connectivity index (χ1v) is 13.0. The number of aromatic amines is 1. The average Bonchev–Trinajstić information content (AvgIpc) is 3.43. The van der Waals surface area contributed by atoms with Gasteiger partial charge in [-0.15, -0.1) is 0 Å². The Kier molecular flexibility index (Phi) is 7.04. The van der Waals surface area contributed by atoms with Crippen molar-refractivity contribution in [2.75, 3.05) is 31.1 Å². The molecule has 0 saturated carbocycles. The Hall–Kier alpha value is -3.17. The molecule has 1 aliphatic rings. The van der Waals surface area contributed by atoms with E-state index in [1.165, 1.54) is 16.4 Å². The van der Waals surface area contributed by atoms with Crippen LogP contribution in [0.4, 0.5) is 5.69 Å². The molecule has 0 spiro atoms. The zero-order valence-corrected chi connectivity index (χ0v) is 20.3. The number of H-pyrrole nitrogens is 1. The van der Waals surface area contributed by atoms with Gasteiger partial charge in [-0.25, -0.2) is 8.42 Å². The van der Waals surface area contributed by atoms with Crippen molar-refractivity contribution in [2.24, 2.45) is 5.92 Å². The van der Waals surface area contributed by atoms with Crippen LogP contribution in [0.3, 0.4) is 0 Å². The number of amides is 2. The minimum atomic E-state index is -3.56. The molecule has 0 unspecified atom stereocenters. The number of rotatable bonds is 9. The van der Waals surface area contributed by atoms with Crippen LogP contribution >= 0.6 is 0 Å². The number of benzene rings is 2. The molecule has 1 fully saturated rings. The first kappa shape index (κ1) is 24.0. The van der Waals surface area contributed by atoms with Crippen LogP contribution in [0.1, 0.15) is 25.8 Å². The molecule has 3 aromatic rings. The summed E-state index contributed by atoms with van der Waals surface area (Å²) in [7, 11) is -3.56. The van der Waals surface area contributed by atoms with Gasteiger partial charge in [0.25, 0.3) is 0 Å². The second-order valence-corrected chi connectivity index (χ2v) is 10.3. The molecular weight excluding hydrogens is 452 g/mol. The topological polar surface area (TPSA) is 103 Å². The number of sulfonamides is 1. The number of nitrogens with zero attached hydrogens (tertiary/aromatic N) is 2. The van der Waals surface area contributed by atoms with Gasteiger partial charge in [-0.3, -0.25) is 9.59 Å². The Labute approximate surface area is 200 Å². The standard InChI is InChI=1S/C25H30N4O4S/c1-3-28(4-2)34(32,33)21-11-9-20(10-12-21)29-17-19(15-24(29)30)25(31)26-14-13-18-16-27-23-8-6-5-7-22(18)23/h5-12,16,19,27H,3-4,13-15,17H2,1-2H3,(H,26,31)/t19-/m1/s1. The van der Waals surface area contributed by atoms with E-state index in [1.807, 2.05) is 24.4 Å². The van der Waals surface area contributed by atoms with Crippen LogP contribution in [-0.2, 0) is 26.0 Å². The van der Waals surface area contributed by atoms with E-state index < -0.39 is 15.9 Å². The van der Waals surface area contributed by atoms with Crippen molar-refractivity contribution in [1.82, 2.24) is 14.6 Å². The highest BCUT2D eigenvalue weighted by Gasteiger charge is 2.35. The number of aromatic nitrogens is 1. The molecule has 2 N–H and O–H groups in total. The molecule has 8 nitrogen and oxygen atoms in total. The van der Waals surface area contributed by atoms with Gasteiger partial charge in [0.15, 0.2) is 0 Å². The third kappa shape index (κ3) is 4.71. The van der Waals surface area contributed by atoms with E-state index in [4.69, 9.17) is 0 Å². The monoisotopic (exact) mass is 482 g/mol. The zero-order chi connectivity index (χ0) is 24.3. The Morgan fingerprint density at radius 3 is 2.53 bits per heavy atom. The van der Waals surface area contributed by atoms with Crippen LogP contribution < -0.4 is 10.2 Å². The average molecular weight is 483 g/mol. The van der Waals surface area contributed by atoms with E-state index in [9.17, 15) is 18.0 Å². The molecule has 9 heteroatoms. The minimum Gasteiger partial charge on any atom is -0.361 e. The number of fused-ring (bicyclic) bond motifs is 1. The van der Waals surface area contributed by atoms with E-state index in [2.05, 4.69) is 16.4 Å². The molecule has 2 heterocycles. The maximum atomic E-state index is 12.7. The van der Waals surface area contributed by atoms with E-state index >= 15 is 0 Å². The Balaban J connectivity index is 1.35. The van der Waals surface area contributed by atoms with Crippen LogP contribution in [-0.4, -0.2) is 55.7 Å². The second kappa shape index (κ2) is 9.99. The number of para-hydroxylation sites is 1. The fraction of sp³-hybridized carbons (Fsp3) is 0.360. The van der Waals surface area contributed by atoms with Gasteiger partial charge in [-0.2, -0.15) is 4.31 Å². The van der Waals surface area contributed by atoms with Crippen molar-refractivity contribution in [2.45, 2.75) is 31.6 Å². The summed E-state index contributed by atoms with van der Waals surface area (Å²) < 4.78 is 26.8. The summed E-state index contributed by atoms with van der Waals surface area (Å²) in [6.07, 6.45) is 2.79. The summed E-state index contributed by atoms with van der Waals surface area (Å²) >= 11 is 0. The normalized spacial score (nSPS) is 16.5. The van der Waals surface area contributed by atoms with Crippen molar-refractivity contribution in [1.29, 1.82) is 0 Å². The van der Waals surface area contributed by atoms with Crippen molar-refractivity contribution in [3.8, 4) is 0 Å². The van der Waals surface area contributed by atoms with Gasteiger partial charge in [0, 0.05) is 55.4 Å². The molecule has 1 aromatic heterocycles. The lowest BCUT2D eigenvalue weighted by molar-refractivity contribution is -0.126. The second-order valence-electron chi connectivity index (χ2n) is 8.39. The molecule has 0 radical (unpaired) electrons. The summed E-state index contributed by atoms with van der Waals surface area (Å²) in [6.45, 7) is 5.14. The summed E-state index contributed by atoms with van der Waals surface area (Å²) in [6, 6.07) is 14.3. The SMILES string of the molecule is CCN(CC)S(=O)(=O)c1ccc(N2C[C@H](C(=O)NCCc3c[nH]c4ccccc34)CC2=O)cc1. The first-order valence-electron chi connectivity index (χ1n) is 11.6. The van der Waals surface area contributed by atoms with Crippen LogP contribution in [0.15, 0.2) is 59.6 Å². The number of anilines is 1. The molecule has 2 aromatic carbocycles. The van der Waals surface area contributed by atoms with Crippen LogP contribution in [0.25, 0.3) is 10.9 Å². The lowest BCUT2D eigenvalue weighted by Gasteiger charge is -2.20. The third-order valence-electron chi connectivity index (χ3n) is 6.36. The van der Waals surface area contributed by atoms with E-state index in [0.717, 1.165) is 16.5 Å². The molecule has 1 aliphatic heterocycles. The van der Waals surface area contributed by atoms with Gasteiger partial charge in [-0.05, 0) is 42.3 Å². The van der Waals surface area contributed by atoms with Crippen molar-refractivity contribution in [3.05, 3.63) is 60.3 Å². The molecule has 180 valence electrons. The predicted molar refractivity (Wildman–Crippen MR) is 132 cm³/mol. The summed E-state index contributed by atoms with van der Waals surface area (Å²) in [5.41, 5.74) is 2.80. The van der Waals surface area contributed by atoms with Gasteiger partial charge in [0.05, 0.1) is 10.8 Å². The molecule has 4 rings (SSSR count). The number of hydrogen-bond acceptors (Lipinski definition) is 4. The Morgan fingerprint density at radius 1 is 1.12 bits per heavy atom. The highest BCUT2D eigenvalue weighted by molar-refractivity contribution is 7.89. The molecule has 1 atom stereocenters. The van der Waals surface area contributed by atoms with E-state index in [1.54, 1.807) is 30.9 Å².